The molecule has 1 aromatic heterocycles. The fourth-order valence-electron chi connectivity index (χ4n) is 1.34. The van der Waals surface area contributed by atoms with Gasteiger partial charge >= 0.3 is 0 Å². The first-order valence-electron chi connectivity index (χ1n) is 4.08. The molecule has 0 fully saturated rings. The number of nitrogens with zero attached hydrogens (tertiary/aromatic N) is 2. The van der Waals surface area contributed by atoms with Crippen molar-refractivity contribution >= 4 is 16.6 Å². The number of nitrogens with two attached hydrogens (primary N) is 1. The molecule has 0 aliphatic rings. The van der Waals surface area contributed by atoms with Crippen molar-refractivity contribution in [2.45, 2.75) is 0 Å². The molecule has 0 radical (unpaired) electrons. The summed E-state index contributed by atoms with van der Waals surface area (Å²) in [5, 5.41) is 8.58. The second-order valence-electron chi connectivity index (χ2n) is 2.95. The summed E-state index contributed by atoms with van der Waals surface area (Å²) in [6.45, 7) is 0. The van der Waals surface area contributed by atoms with Crippen LogP contribution in [0.25, 0.3) is 10.9 Å². The molecule has 15 heavy (non-hydrogen) atoms. The minimum Gasteiger partial charge on any atom is -0.397 e. The molecule has 2 rings (SSSR count). The van der Waals surface area contributed by atoms with Crippen molar-refractivity contribution in [3.05, 3.63) is 35.5 Å². The van der Waals surface area contributed by atoms with Gasteiger partial charge in [0.05, 0.1) is 11.2 Å². The van der Waals surface area contributed by atoms with Gasteiger partial charge in [0.15, 0.2) is 5.82 Å². The number of hydrogen-bond donors (Lipinski definition) is 1. The predicted octanol–water partition coefficient (Wildman–Crippen LogP) is 1.97. The summed E-state index contributed by atoms with van der Waals surface area (Å²) < 4.78 is 26.7. The molecule has 0 spiro atoms. The lowest BCUT2D eigenvalue weighted by Gasteiger charge is -2.03. The van der Waals surface area contributed by atoms with E-state index in [1.54, 1.807) is 0 Å². The van der Waals surface area contributed by atoms with Gasteiger partial charge in [-0.15, -0.1) is 0 Å². The Balaban J connectivity index is 2.99. The van der Waals surface area contributed by atoms with Crippen molar-refractivity contribution in [1.29, 1.82) is 5.26 Å². The minimum atomic E-state index is -1.14. The molecule has 0 aliphatic carbocycles. The number of benzene rings is 1. The SMILES string of the molecule is N#Cc1c(F)nc2c(N)cccc2c1F. The third-order valence-electron chi connectivity index (χ3n) is 2.05. The average Bonchev–Trinajstić information content (AvgIpc) is 2.20. The van der Waals surface area contributed by atoms with Gasteiger partial charge in [0.1, 0.15) is 11.6 Å². The van der Waals surface area contributed by atoms with Crippen molar-refractivity contribution in [3.63, 3.8) is 0 Å². The second-order valence-corrected chi connectivity index (χ2v) is 2.95. The average molecular weight is 205 g/mol. The van der Waals surface area contributed by atoms with Crippen LogP contribution in [0.5, 0.6) is 0 Å². The van der Waals surface area contributed by atoms with E-state index in [9.17, 15) is 8.78 Å². The topological polar surface area (TPSA) is 62.7 Å². The van der Waals surface area contributed by atoms with Crippen LogP contribution in [0.1, 0.15) is 5.56 Å². The Morgan fingerprint density at radius 3 is 2.73 bits per heavy atom. The minimum absolute atomic E-state index is 0.0338. The number of aromatic nitrogens is 1. The number of rotatable bonds is 0. The Morgan fingerprint density at radius 2 is 2.07 bits per heavy atom. The van der Waals surface area contributed by atoms with Gasteiger partial charge in [0.25, 0.3) is 0 Å². The normalized spacial score (nSPS) is 10.2. The summed E-state index contributed by atoms with van der Waals surface area (Å²) in [5.74, 6) is -2.06. The van der Waals surface area contributed by atoms with Crippen molar-refractivity contribution in [3.8, 4) is 6.07 Å². The van der Waals surface area contributed by atoms with Crippen LogP contribution in [-0.2, 0) is 0 Å². The lowest BCUT2D eigenvalue weighted by atomic mass is 10.1. The Hall–Kier alpha value is -2.22. The van der Waals surface area contributed by atoms with Crippen LogP contribution in [0.4, 0.5) is 14.5 Å². The highest BCUT2D eigenvalue weighted by atomic mass is 19.1. The van der Waals surface area contributed by atoms with Crippen molar-refractivity contribution in [2.75, 3.05) is 5.73 Å². The molecule has 2 aromatic rings. The Morgan fingerprint density at radius 1 is 1.33 bits per heavy atom. The molecule has 0 amide bonds. The smallest absolute Gasteiger partial charge is 0.234 e. The molecule has 0 atom stereocenters. The zero-order valence-corrected chi connectivity index (χ0v) is 7.46. The van der Waals surface area contributed by atoms with E-state index >= 15 is 0 Å². The molecule has 1 heterocycles. The van der Waals surface area contributed by atoms with Gasteiger partial charge in [0.2, 0.25) is 5.95 Å². The van der Waals surface area contributed by atoms with Gasteiger partial charge in [-0.2, -0.15) is 9.65 Å². The number of pyridine rings is 1. The lowest BCUT2D eigenvalue weighted by molar-refractivity contribution is 0.556. The standard InChI is InChI=1S/C10H5F2N3/c11-8-5-2-1-3-7(14)9(5)15-10(12)6(8)4-13/h1-3H,14H2. The van der Waals surface area contributed by atoms with Crippen LogP contribution in [-0.4, -0.2) is 4.98 Å². The molecular formula is C10H5F2N3. The molecule has 74 valence electrons. The first-order chi connectivity index (χ1) is 7.15. The van der Waals surface area contributed by atoms with Gasteiger partial charge in [-0.25, -0.2) is 9.37 Å². The number of halogens is 2. The van der Waals surface area contributed by atoms with E-state index in [1.165, 1.54) is 24.3 Å². The molecular weight excluding hydrogens is 200 g/mol. The van der Waals surface area contributed by atoms with E-state index in [-0.39, 0.29) is 16.6 Å². The van der Waals surface area contributed by atoms with E-state index < -0.39 is 17.3 Å². The largest absolute Gasteiger partial charge is 0.397 e. The maximum atomic E-state index is 13.6. The number of nitrogen functional groups attached to an aromatic ring is 1. The van der Waals surface area contributed by atoms with Crippen LogP contribution >= 0.6 is 0 Å². The van der Waals surface area contributed by atoms with Crippen molar-refractivity contribution in [1.82, 2.24) is 4.98 Å². The molecule has 0 unspecified atom stereocenters. The second kappa shape index (κ2) is 3.17. The first-order valence-corrected chi connectivity index (χ1v) is 4.08. The third kappa shape index (κ3) is 1.27. The number of fused-ring (bicyclic) bond motifs is 1. The lowest BCUT2D eigenvalue weighted by Crippen LogP contribution is -1.99. The highest BCUT2D eigenvalue weighted by Gasteiger charge is 2.15. The van der Waals surface area contributed by atoms with Crippen LogP contribution in [0, 0.1) is 23.1 Å². The summed E-state index contributed by atoms with van der Waals surface area (Å²) in [4.78, 5) is 3.45. The summed E-state index contributed by atoms with van der Waals surface area (Å²) in [6, 6.07) is 5.82. The maximum Gasteiger partial charge on any atom is 0.234 e. The molecule has 2 N–H and O–H groups in total. The molecule has 0 bridgehead atoms. The fraction of sp³-hybridized carbons (Fsp3) is 0. The molecule has 0 saturated heterocycles. The molecule has 1 aromatic carbocycles. The van der Waals surface area contributed by atoms with Crippen LogP contribution in [0.2, 0.25) is 0 Å². The van der Waals surface area contributed by atoms with Crippen LogP contribution in [0.15, 0.2) is 18.2 Å². The zero-order valence-electron chi connectivity index (χ0n) is 7.46. The number of hydrogen-bond acceptors (Lipinski definition) is 3. The van der Waals surface area contributed by atoms with Gasteiger partial charge in [-0.05, 0) is 12.1 Å². The van der Waals surface area contributed by atoms with E-state index in [0.717, 1.165) is 0 Å². The van der Waals surface area contributed by atoms with Gasteiger partial charge in [0, 0.05) is 5.39 Å². The Bertz CT molecular complexity index is 587. The summed E-state index contributed by atoms with van der Waals surface area (Å²) in [7, 11) is 0. The number of para-hydroxylation sites is 1. The third-order valence-corrected chi connectivity index (χ3v) is 2.05. The van der Waals surface area contributed by atoms with Gasteiger partial charge in [-0.3, -0.25) is 0 Å². The van der Waals surface area contributed by atoms with Crippen LogP contribution < -0.4 is 5.73 Å². The highest BCUT2D eigenvalue weighted by molar-refractivity contribution is 5.90. The van der Waals surface area contributed by atoms with Crippen LogP contribution in [0.3, 0.4) is 0 Å². The van der Waals surface area contributed by atoms with Crippen molar-refractivity contribution < 1.29 is 8.78 Å². The predicted molar refractivity (Wildman–Crippen MR) is 50.8 cm³/mol. The van der Waals surface area contributed by atoms with E-state index in [0.29, 0.717) is 0 Å². The summed E-state index contributed by atoms with van der Waals surface area (Å²) in [6.07, 6.45) is 0. The number of anilines is 1. The first kappa shape index (κ1) is 9.34. The maximum absolute atomic E-state index is 13.6. The van der Waals surface area contributed by atoms with Crippen molar-refractivity contribution in [2.24, 2.45) is 0 Å². The van der Waals surface area contributed by atoms with E-state index in [2.05, 4.69) is 4.98 Å². The highest BCUT2D eigenvalue weighted by Crippen LogP contribution is 2.24. The van der Waals surface area contributed by atoms with Gasteiger partial charge < -0.3 is 5.73 Å². The monoisotopic (exact) mass is 205 g/mol. The summed E-state index contributed by atoms with van der Waals surface area (Å²) in [5.41, 5.74) is 5.03. The zero-order chi connectivity index (χ0) is 11.0. The molecule has 5 heteroatoms. The molecule has 0 aliphatic heterocycles. The van der Waals surface area contributed by atoms with E-state index in [4.69, 9.17) is 11.0 Å². The van der Waals surface area contributed by atoms with E-state index in [1.807, 2.05) is 0 Å². The number of nitriles is 1. The summed E-state index contributed by atoms with van der Waals surface area (Å²) >= 11 is 0. The quantitative estimate of drug-likeness (QED) is 0.528. The molecule has 3 nitrogen and oxygen atoms in total. The van der Waals surface area contributed by atoms with Gasteiger partial charge in [-0.1, -0.05) is 6.07 Å². The Labute approximate surface area is 83.8 Å². The Kier molecular flexibility index (Phi) is 1.97. The molecule has 0 saturated carbocycles. The fourth-order valence-corrected chi connectivity index (χ4v) is 1.34.